The molecule has 2 aromatic rings. The van der Waals surface area contributed by atoms with E-state index in [1.807, 2.05) is 54.8 Å². The van der Waals surface area contributed by atoms with Crippen molar-refractivity contribution in [3.63, 3.8) is 0 Å². The molecule has 2 rings (SSSR count). The molecule has 0 saturated heterocycles. The highest BCUT2D eigenvalue weighted by Crippen LogP contribution is 2.17. The first-order chi connectivity index (χ1) is 10.2. The van der Waals surface area contributed by atoms with Crippen LogP contribution in [0.2, 0.25) is 0 Å². The number of rotatable bonds is 6. The summed E-state index contributed by atoms with van der Waals surface area (Å²) < 4.78 is 5.27. The van der Waals surface area contributed by atoms with Crippen LogP contribution >= 0.6 is 11.8 Å². The molecule has 0 radical (unpaired) electrons. The van der Waals surface area contributed by atoms with Crippen molar-refractivity contribution in [1.82, 2.24) is 5.32 Å². The van der Waals surface area contributed by atoms with E-state index in [9.17, 15) is 4.79 Å². The van der Waals surface area contributed by atoms with Crippen LogP contribution in [0.3, 0.4) is 0 Å². The second-order valence-electron chi connectivity index (χ2n) is 4.61. The Morgan fingerprint density at radius 2 is 1.86 bits per heavy atom. The summed E-state index contributed by atoms with van der Waals surface area (Å²) >= 11 is 1.69. The first kappa shape index (κ1) is 15.4. The topological polar surface area (TPSA) is 38.3 Å². The second kappa shape index (κ2) is 7.74. The van der Waals surface area contributed by atoms with Gasteiger partial charge in [0.2, 0.25) is 5.91 Å². The molecule has 110 valence electrons. The minimum Gasteiger partial charge on any atom is -0.496 e. The van der Waals surface area contributed by atoms with Gasteiger partial charge in [0, 0.05) is 17.0 Å². The summed E-state index contributed by atoms with van der Waals surface area (Å²) in [4.78, 5) is 13.2. The molecular weight excluding hydrogens is 282 g/mol. The van der Waals surface area contributed by atoms with Crippen molar-refractivity contribution in [3.8, 4) is 5.75 Å². The number of thioether (sulfide) groups is 1. The van der Waals surface area contributed by atoms with Gasteiger partial charge in [-0.1, -0.05) is 30.3 Å². The van der Waals surface area contributed by atoms with Crippen molar-refractivity contribution < 1.29 is 9.53 Å². The number of carbonyl (C=O) groups is 1. The summed E-state index contributed by atoms with van der Waals surface area (Å²) in [6.45, 7) is 0.478. The predicted molar refractivity (Wildman–Crippen MR) is 86.8 cm³/mol. The lowest BCUT2D eigenvalue weighted by Gasteiger charge is -2.09. The maximum Gasteiger partial charge on any atom is 0.224 e. The van der Waals surface area contributed by atoms with E-state index >= 15 is 0 Å². The monoisotopic (exact) mass is 301 g/mol. The van der Waals surface area contributed by atoms with Crippen molar-refractivity contribution in [2.45, 2.75) is 17.9 Å². The Labute approximate surface area is 129 Å². The molecule has 4 heteroatoms. The number of carbonyl (C=O) groups excluding carboxylic acids is 1. The Morgan fingerprint density at radius 1 is 1.14 bits per heavy atom. The molecule has 0 bridgehead atoms. The fourth-order valence-corrected chi connectivity index (χ4v) is 2.44. The van der Waals surface area contributed by atoms with Crippen LogP contribution < -0.4 is 10.1 Å². The molecule has 0 aliphatic carbocycles. The lowest BCUT2D eigenvalue weighted by Crippen LogP contribution is -2.24. The van der Waals surface area contributed by atoms with Crippen molar-refractivity contribution in [3.05, 3.63) is 59.7 Å². The molecule has 0 aromatic heterocycles. The zero-order valence-electron chi connectivity index (χ0n) is 12.3. The number of benzene rings is 2. The van der Waals surface area contributed by atoms with E-state index in [-0.39, 0.29) is 5.91 Å². The first-order valence-electron chi connectivity index (χ1n) is 6.74. The number of para-hydroxylation sites is 1. The Balaban J connectivity index is 1.89. The van der Waals surface area contributed by atoms with Crippen LogP contribution in [0, 0.1) is 0 Å². The van der Waals surface area contributed by atoms with E-state index in [1.54, 1.807) is 18.9 Å². The maximum absolute atomic E-state index is 12.0. The normalized spacial score (nSPS) is 10.2. The molecule has 0 heterocycles. The van der Waals surface area contributed by atoms with Crippen LogP contribution in [0.15, 0.2) is 53.4 Å². The highest BCUT2D eigenvalue weighted by atomic mass is 32.2. The Hall–Kier alpha value is -1.94. The Kier molecular flexibility index (Phi) is 5.69. The molecule has 1 amide bonds. The molecule has 0 atom stereocenters. The Bertz CT molecular complexity index is 596. The smallest absolute Gasteiger partial charge is 0.224 e. The van der Waals surface area contributed by atoms with Crippen LogP contribution in [0.1, 0.15) is 11.1 Å². The highest BCUT2D eigenvalue weighted by molar-refractivity contribution is 7.98. The highest BCUT2D eigenvalue weighted by Gasteiger charge is 2.06. The van der Waals surface area contributed by atoms with E-state index in [1.165, 1.54) is 4.90 Å². The summed E-state index contributed by atoms with van der Waals surface area (Å²) in [6.07, 6.45) is 2.43. The Morgan fingerprint density at radius 3 is 2.52 bits per heavy atom. The van der Waals surface area contributed by atoms with Gasteiger partial charge in [0.15, 0.2) is 0 Å². The number of nitrogens with one attached hydrogen (secondary N) is 1. The van der Waals surface area contributed by atoms with Crippen LogP contribution in [0.25, 0.3) is 0 Å². The standard InChI is InChI=1S/C17H19NO2S/c1-20-16-6-4-3-5-14(16)12-18-17(19)11-13-7-9-15(21-2)10-8-13/h3-10H,11-12H2,1-2H3,(H,18,19). The summed E-state index contributed by atoms with van der Waals surface area (Å²) in [5.74, 6) is 0.805. The van der Waals surface area contributed by atoms with Crippen molar-refractivity contribution in [2.24, 2.45) is 0 Å². The quantitative estimate of drug-likeness (QED) is 0.832. The average molecular weight is 301 g/mol. The van der Waals surface area contributed by atoms with E-state index in [0.717, 1.165) is 16.9 Å². The molecule has 3 nitrogen and oxygen atoms in total. The van der Waals surface area contributed by atoms with Crippen LogP contribution in [0.5, 0.6) is 5.75 Å². The molecular formula is C17H19NO2S. The zero-order chi connectivity index (χ0) is 15.1. The SMILES string of the molecule is COc1ccccc1CNC(=O)Cc1ccc(SC)cc1. The predicted octanol–water partition coefficient (Wildman–Crippen LogP) is 3.28. The van der Waals surface area contributed by atoms with Gasteiger partial charge < -0.3 is 10.1 Å². The zero-order valence-corrected chi connectivity index (χ0v) is 13.1. The number of methoxy groups -OCH3 is 1. The van der Waals surface area contributed by atoms with Gasteiger partial charge in [-0.25, -0.2) is 0 Å². The number of hydrogen-bond acceptors (Lipinski definition) is 3. The number of ether oxygens (including phenoxy) is 1. The van der Waals surface area contributed by atoms with Crippen molar-refractivity contribution >= 4 is 17.7 Å². The number of hydrogen-bond donors (Lipinski definition) is 1. The summed E-state index contributed by atoms with van der Waals surface area (Å²) in [6, 6.07) is 15.8. The molecule has 0 fully saturated rings. The maximum atomic E-state index is 12.0. The summed E-state index contributed by atoms with van der Waals surface area (Å²) in [7, 11) is 1.63. The third-order valence-electron chi connectivity index (χ3n) is 3.19. The van der Waals surface area contributed by atoms with Gasteiger partial charge in [0.25, 0.3) is 0 Å². The average Bonchev–Trinajstić information content (AvgIpc) is 2.54. The minimum absolute atomic E-state index is 0.0119. The third kappa shape index (κ3) is 4.53. The van der Waals surface area contributed by atoms with Gasteiger partial charge in [-0.15, -0.1) is 11.8 Å². The fraction of sp³-hybridized carbons (Fsp3) is 0.235. The molecule has 0 aliphatic rings. The number of amides is 1. The third-order valence-corrected chi connectivity index (χ3v) is 3.94. The van der Waals surface area contributed by atoms with Gasteiger partial charge in [0.1, 0.15) is 5.75 Å². The van der Waals surface area contributed by atoms with Crippen molar-refractivity contribution in [2.75, 3.05) is 13.4 Å². The minimum atomic E-state index is 0.0119. The molecule has 0 saturated carbocycles. The first-order valence-corrected chi connectivity index (χ1v) is 7.97. The van der Waals surface area contributed by atoms with Gasteiger partial charge in [-0.05, 0) is 30.0 Å². The van der Waals surface area contributed by atoms with Gasteiger partial charge >= 0.3 is 0 Å². The molecule has 0 aliphatic heterocycles. The van der Waals surface area contributed by atoms with E-state index < -0.39 is 0 Å². The van der Waals surface area contributed by atoms with E-state index in [4.69, 9.17) is 4.74 Å². The van der Waals surface area contributed by atoms with Gasteiger partial charge in [-0.3, -0.25) is 4.79 Å². The largest absolute Gasteiger partial charge is 0.496 e. The van der Waals surface area contributed by atoms with Crippen LogP contribution in [-0.4, -0.2) is 19.3 Å². The fourth-order valence-electron chi connectivity index (χ4n) is 2.03. The van der Waals surface area contributed by atoms with Crippen LogP contribution in [-0.2, 0) is 17.8 Å². The molecule has 1 N–H and O–H groups in total. The lowest BCUT2D eigenvalue weighted by molar-refractivity contribution is -0.120. The van der Waals surface area contributed by atoms with Gasteiger partial charge in [0.05, 0.1) is 13.5 Å². The summed E-state index contributed by atoms with van der Waals surface area (Å²) in [5.41, 5.74) is 2.00. The second-order valence-corrected chi connectivity index (χ2v) is 5.49. The molecule has 0 unspecified atom stereocenters. The van der Waals surface area contributed by atoms with E-state index in [2.05, 4.69) is 5.32 Å². The molecule has 21 heavy (non-hydrogen) atoms. The summed E-state index contributed by atoms with van der Waals surface area (Å²) in [5, 5.41) is 2.93. The lowest BCUT2D eigenvalue weighted by atomic mass is 10.1. The molecule has 2 aromatic carbocycles. The van der Waals surface area contributed by atoms with Gasteiger partial charge in [-0.2, -0.15) is 0 Å². The molecule has 0 spiro atoms. The van der Waals surface area contributed by atoms with Crippen LogP contribution in [0.4, 0.5) is 0 Å². The van der Waals surface area contributed by atoms with Crippen molar-refractivity contribution in [1.29, 1.82) is 0 Å². The van der Waals surface area contributed by atoms with E-state index in [0.29, 0.717) is 13.0 Å².